The highest BCUT2D eigenvalue weighted by molar-refractivity contribution is 5.38. The Morgan fingerprint density at radius 1 is 1.06 bits per heavy atom. The zero-order chi connectivity index (χ0) is 12.8. The number of benzene rings is 1. The van der Waals surface area contributed by atoms with Gasteiger partial charge >= 0.3 is 0 Å². The molecule has 1 aliphatic rings. The topological polar surface area (TPSA) is 30.5 Å². The number of hydrogen-bond acceptors (Lipinski definition) is 3. The second-order valence-electron chi connectivity index (χ2n) is 5.00. The first-order valence-corrected chi connectivity index (χ1v) is 6.74. The molecule has 3 nitrogen and oxygen atoms in total. The molecular weight excluding hydrogens is 226 g/mol. The van der Waals surface area contributed by atoms with Crippen LogP contribution in [-0.4, -0.2) is 20.8 Å². The number of nitrogens with one attached hydrogen (secondary N) is 1. The molecule has 2 rings (SSSR count). The minimum Gasteiger partial charge on any atom is -0.497 e. The Morgan fingerprint density at radius 3 is 2.22 bits per heavy atom. The van der Waals surface area contributed by atoms with E-state index in [1.165, 1.54) is 31.2 Å². The lowest BCUT2D eigenvalue weighted by molar-refractivity contribution is 0.392. The highest BCUT2D eigenvalue weighted by atomic mass is 16.5. The van der Waals surface area contributed by atoms with Crippen LogP contribution in [0.2, 0.25) is 0 Å². The molecule has 100 valence electrons. The smallest absolute Gasteiger partial charge is 0.122 e. The van der Waals surface area contributed by atoms with Crippen molar-refractivity contribution in [3.05, 3.63) is 23.8 Å². The van der Waals surface area contributed by atoms with Crippen LogP contribution in [0, 0.1) is 5.92 Å². The Kier molecular flexibility index (Phi) is 4.88. The van der Waals surface area contributed by atoms with Crippen LogP contribution >= 0.6 is 0 Å². The molecule has 0 bridgehead atoms. The molecule has 0 amide bonds. The average molecular weight is 249 g/mol. The number of hydrogen-bond donors (Lipinski definition) is 1. The van der Waals surface area contributed by atoms with Crippen LogP contribution in [0.5, 0.6) is 11.5 Å². The summed E-state index contributed by atoms with van der Waals surface area (Å²) < 4.78 is 10.5. The third-order valence-corrected chi connectivity index (χ3v) is 3.65. The molecule has 0 saturated heterocycles. The van der Waals surface area contributed by atoms with Crippen LogP contribution in [0.4, 0.5) is 0 Å². The molecule has 0 radical (unpaired) electrons. The molecule has 1 fully saturated rings. The third kappa shape index (κ3) is 3.64. The van der Waals surface area contributed by atoms with E-state index in [0.717, 1.165) is 30.5 Å². The first-order valence-electron chi connectivity index (χ1n) is 6.74. The van der Waals surface area contributed by atoms with Crippen molar-refractivity contribution in [2.75, 3.05) is 20.8 Å². The first kappa shape index (κ1) is 13.2. The van der Waals surface area contributed by atoms with Gasteiger partial charge in [0.15, 0.2) is 0 Å². The van der Waals surface area contributed by atoms with Gasteiger partial charge < -0.3 is 14.8 Å². The molecule has 0 aliphatic heterocycles. The lowest BCUT2D eigenvalue weighted by Crippen LogP contribution is -2.20. The van der Waals surface area contributed by atoms with Crippen LogP contribution in [0.25, 0.3) is 0 Å². The van der Waals surface area contributed by atoms with Gasteiger partial charge in [-0.25, -0.2) is 0 Å². The van der Waals surface area contributed by atoms with Gasteiger partial charge in [0.05, 0.1) is 14.2 Å². The zero-order valence-corrected chi connectivity index (χ0v) is 11.4. The van der Waals surface area contributed by atoms with Crippen molar-refractivity contribution >= 4 is 0 Å². The molecule has 1 saturated carbocycles. The van der Waals surface area contributed by atoms with E-state index in [1.807, 2.05) is 6.07 Å². The van der Waals surface area contributed by atoms with Crippen LogP contribution in [0.1, 0.15) is 31.2 Å². The van der Waals surface area contributed by atoms with E-state index in [-0.39, 0.29) is 0 Å². The standard InChI is InChI=1S/C15H23NO2/c1-17-14-7-13(8-15(9-14)18-2)11-16-10-12-5-3-4-6-12/h7-9,12,16H,3-6,10-11H2,1-2H3. The molecule has 0 unspecified atom stereocenters. The predicted octanol–water partition coefficient (Wildman–Crippen LogP) is 2.98. The molecule has 0 spiro atoms. The Morgan fingerprint density at radius 2 is 1.67 bits per heavy atom. The lowest BCUT2D eigenvalue weighted by Gasteiger charge is -2.12. The van der Waals surface area contributed by atoms with E-state index >= 15 is 0 Å². The Balaban J connectivity index is 1.87. The summed E-state index contributed by atoms with van der Waals surface area (Å²) in [6, 6.07) is 6.02. The van der Waals surface area contributed by atoms with Gasteiger partial charge in [0, 0.05) is 12.6 Å². The average Bonchev–Trinajstić information content (AvgIpc) is 2.91. The van der Waals surface area contributed by atoms with Crippen LogP contribution in [0.3, 0.4) is 0 Å². The molecule has 1 aromatic carbocycles. The van der Waals surface area contributed by atoms with Crippen molar-refractivity contribution in [1.29, 1.82) is 0 Å². The van der Waals surface area contributed by atoms with E-state index < -0.39 is 0 Å². The highest BCUT2D eigenvalue weighted by Crippen LogP contribution is 2.25. The summed E-state index contributed by atoms with van der Waals surface area (Å²) in [5.74, 6) is 2.58. The molecule has 0 aromatic heterocycles. The van der Waals surface area contributed by atoms with Crippen molar-refractivity contribution in [3.8, 4) is 11.5 Å². The summed E-state index contributed by atoms with van der Waals surface area (Å²) in [6.45, 7) is 2.00. The third-order valence-electron chi connectivity index (χ3n) is 3.65. The molecule has 3 heteroatoms. The summed E-state index contributed by atoms with van der Waals surface area (Å²) in [4.78, 5) is 0. The van der Waals surface area contributed by atoms with Gasteiger partial charge in [-0.3, -0.25) is 0 Å². The molecule has 1 N–H and O–H groups in total. The van der Waals surface area contributed by atoms with Gasteiger partial charge in [0.2, 0.25) is 0 Å². The monoisotopic (exact) mass is 249 g/mol. The largest absolute Gasteiger partial charge is 0.497 e. The van der Waals surface area contributed by atoms with E-state index in [2.05, 4.69) is 17.4 Å². The van der Waals surface area contributed by atoms with Crippen molar-refractivity contribution in [2.45, 2.75) is 32.2 Å². The molecule has 1 aromatic rings. The maximum absolute atomic E-state index is 5.27. The van der Waals surface area contributed by atoms with Gasteiger partial charge in [0.25, 0.3) is 0 Å². The molecule has 18 heavy (non-hydrogen) atoms. The minimum atomic E-state index is 0.854. The van der Waals surface area contributed by atoms with Gasteiger partial charge in [-0.05, 0) is 43.0 Å². The predicted molar refractivity (Wildman–Crippen MR) is 73.2 cm³/mol. The quantitative estimate of drug-likeness (QED) is 0.840. The Labute approximate surface area is 109 Å². The lowest BCUT2D eigenvalue weighted by atomic mass is 10.1. The van der Waals surface area contributed by atoms with Gasteiger partial charge in [-0.2, -0.15) is 0 Å². The van der Waals surface area contributed by atoms with E-state index in [4.69, 9.17) is 9.47 Å². The van der Waals surface area contributed by atoms with Crippen LogP contribution < -0.4 is 14.8 Å². The molecule has 0 atom stereocenters. The summed E-state index contributed by atoms with van der Waals surface area (Å²) in [6.07, 6.45) is 5.57. The van der Waals surface area contributed by atoms with Gasteiger partial charge in [-0.1, -0.05) is 12.8 Å². The maximum Gasteiger partial charge on any atom is 0.122 e. The number of ether oxygens (including phenoxy) is 2. The van der Waals surface area contributed by atoms with Gasteiger partial charge in [-0.15, -0.1) is 0 Å². The maximum atomic E-state index is 5.27. The molecule has 1 aliphatic carbocycles. The van der Waals surface area contributed by atoms with Crippen molar-refractivity contribution in [3.63, 3.8) is 0 Å². The highest BCUT2D eigenvalue weighted by Gasteiger charge is 2.14. The normalized spacial score (nSPS) is 15.9. The molecule has 0 heterocycles. The Hall–Kier alpha value is -1.22. The second kappa shape index (κ2) is 6.64. The summed E-state index contributed by atoms with van der Waals surface area (Å²) >= 11 is 0. The fourth-order valence-electron chi connectivity index (χ4n) is 2.60. The van der Waals surface area contributed by atoms with Crippen molar-refractivity contribution in [1.82, 2.24) is 5.32 Å². The van der Waals surface area contributed by atoms with Crippen LogP contribution in [-0.2, 0) is 6.54 Å². The Bertz CT molecular complexity index is 351. The second-order valence-corrected chi connectivity index (χ2v) is 5.00. The van der Waals surface area contributed by atoms with Crippen molar-refractivity contribution < 1.29 is 9.47 Å². The SMILES string of the molecule is COc1cc(CNCC2CCCC2)cc(OC)c1. The number of methoxy groups -OCH3 is 2. The number of rotatable bonds is 6. The van der Waals surface area contributed by atoms with E-state index in [1.54, 1.807) is 14.2 Å². The van der Waals surface area contributed by atoms with Gasteiger partial charge in [0.1, 0.15) is 11.5 Å². The fraction of sp³-hybridized carbons (Fsp3) is 0.600. The summed E-state index contributed by atoms with van der Waals surface area (Å²) in [5, 5.41) is 3.54. The van der Waals surface area contributed by atoms with Crippen LogP contribution in [0.15, 0.2) is 18.2 Å². The molecular formula is C15H23NO2. The summed E-state index contributed by atoms with van der Waals surface area (Å²) in [5.41, 5.74) is 1.21. The fourth-order valence-corrected chi connectivity index (χ4v) is 2.60. The van der Waals surface area contributed by atoms with E-state index in [9.17, 15) is 0 Å². The van der Waals surface area contributed by atoms with Crippen molar-refractivity contribution in [2.24, 2.45) is 5.92 Å². The minimum absolute atomic E-state index is 0.854. The first-order chi connectivity index (χ1) is 8.81. The zero-order valence-electron chi connectivity index (χ0n) is 11.4. The summed E-state index contributed by atoms with van der Waals surface area (Å²) in [7, 11) is 3.37. The van der Waals surface area contributed by atoms with E-state index in [0.29, 0.717) is 0 Å².